The fourth-order valence-electron chi connectivity index (χ4n) is 2.34. The number of hydrogen-bond donors (Lipinski definition) is 3. The van der Waals surface area contributed by atoms with Crippen molar-refractivity contribution in [1.82, 2.24) is 16.0 Å². The lowest BCUT2D eigenvalue weighted by Crippen LogP contribution is -2.40. The van der Waals surface area contributed by atoms with Crippen molar-refractivity contribution in [3.63, 3.8) is 0 Å². The molecular weight excluding hydrogens is 427 g/mol. The average Bonchev–Trinajstić information content (AvgIpc) is 2.51. The van der Waals surface area contributed by atoms with Crippen LogP contribution in [0.3, 0.4) is 0 Å². The summed E-state index contributed by atoms with van der Waals surface area (Å²) >= 11 is 0. The van der Waals surface area contributed by atoms with Crippen LogP contribution in [0.1, 0.15) is 51.2 Å². The number of hydrogen-bond acceptors (Lipinski definition) is 2. The fourth-order valence-corrected chi connectivity index (χ4v) is 2.34. The molecule has 1 amide bonds. The van der Waals surface area contributed by atoms with Crippen molar-refractivity contribution in [3.8, 4) is 0 Å². The van der Waals surface area contributed by atoms with Gasteiger partial charge < -0.3 is 16.0 Å². The summed E-state index contributed by atoms with van der Waals surface area (Å²) in [7, 11) is 0. The first kappa shape index (κ1) is 23.7. The first-order valence-electron chi connectivity index (χ1n) is 8.80. The third-order valence-corrected chi connectivity index (χ3v) is 3.57. The number of benzene rings is 1. The van der Waals surface area contributed by atoms with E-state index in [-0.39, 0.29) is 35.9 Å². The number of nitrogens with zero attached hydrogens (tertiary/aromatic N) is 1. The molecule has 0 bridgehead atoms. The van der Waals surface area contributed by atoms with Gasteiger partial charge in [-0.1, -0.05) is 36.8 Å². The summed E-state index contributed by atoms with van der Waals surface area (Å²) in [4.78, 5) is 16.3. The minimum atomic E-state index is 0. The second kappa shape index (κ2) is 13.0. The van der Waals surface area contributed by atoms with E-state index in [0.717, 1.165) is 12.5 Å². The molecule has 0 aliphatic heterocycles. The monoisotopic (exact) mass is 460 g/mol. The fraction of sp³-hybridized carbons (Fsp3) is 0.579. The number of nitrogens with one attached hydrogen (secondary N) is 3. The van der Waals surface area contributed by atoms with Crippen LogP contribution < -0.4 is 16.0 Å². The smallest absolute Gasteiger partial charge is 0.221 e. The maximum atomic E-state index is 11.7. The van der Waals surface area contributed by atoms with Crippen LogP contribution in [0.15, 0.2) is 29.3 Å². The molecule has 25 heavy (non-hydrogen) atoms. The Morgan fingerprint density at radius 3 is 2.52 bits per heavy atom. The van der Waals surface area contributed by atoms with Crippen molar-refractivity contribution < 1.29 is 4.79 Å². The molecule has 0 saturated carbocycles. The predicted molar refractivity (Wildman–Crippen MR) is 117 cm³/mol. The van der Waals surface area contributed by atoms with Crippen LogP contribution in [0.25, 0.3) is 0 Å². The van der Waals surface area contributed by atoms with Crippen LogP contribution in [0.4, 0.5) is 0 Å². The van der Waals surface area contributed by atoms with Crippen LogP contribution in [-0.2, 0) is 4.79 Å². The van der Waals surface area contributed by atoms with Crippen molar-refractivity contribution in [2.24, 2.45) is 4.99 Å². The zero-order valence-electron chi connectivity index (χ0n) is 16.1. The Hall–Kier alpha value is -1.31. The van der Waals surface area contributed by atoms with E-state index in [0.29, 0.717) is 25.4 Å². The number of guanidine groups is 1. The second-order valence-electron chi connectivity index (χ2n) is 6.43. The van der Waals surface area contributed by atoms with E-state index in [1.165, 1.54) is 11.1 Å². The van der Waals surface area contributed by atoms with Gasteiger partial charge in [0.05, 0.1) is 0 Å². The molecule has 0 heterocycles. The summed E-state index contributed by atoms with van der Waals surface area (Å²) in [6, 6.07) is 8.71. The third-order valence-electron chi connectivity index (χ3n) is 3.57. The number of amides is 1. The Kier molecular flexibility index (Phi) is 12.3. The van der Waals surface area contributed by atoms with Crippen molar-refractivity contribution in [2.75, 3.05) is 19.6 Å². The quantitative estimate of drug-likeness (QED) is 0.317. The van der Waals surface area contributed by atoms with E-state index >= 15 is 0 Å². The second-order valence-corrected chi connectivity index (χ2v) is 6.43. The van der Waals surface area contributed by atoms with Crippen molar-refractivity contribution >= 4 is 35.8 Å². The van der Waals surface area contributed by atoms with Gasteiger partial charge in [0.2, 0.25) is 5.91 Å². The minimum Gasteiger partial charge on any atom is -0.357 e. The SMILES string of the molecule is CCNC(=NCC(C)c1cccc(C)c1)NCCC(=O)NC(C)C.I. The van der Waals surface area contributed by atoms with Gasteiger partial charge in [0.25, 0.3) is 0 Å². The molecule has 0 aromatic heterocycles. The summed E-state index contributed by atoms with van der Waals surface area (Å²) in [6.45, 7) is 12.3. The van der Waals surface area contributed by atoms with Crippen molar-refractivity contribution in [1.29, 1.82) is 0 Å². The zero-order chi connectivity index (χ0) is 17.9. The number of carbonyl (C=O) groups excluding carboxylic acids is 1. The first-order valence-corrected chi connectivity index (χ1v) is 8.80. The Balaban J connectivity index is 0.00000576. The number of aliphatic imine (C=N–C) groups is 1. The topological polar surface area (TPSA) is 65.5 Å². The van der Waals surface area contributed by atoms with Gasteiger partial charge in [0, 0.05) is 38.0 Å². The van der Waals surface area contributed by atoms with Gasteiger partial charge in [-0.15, -0.1) is 24.0 Å². The molecule has 6 heteroatoms. The highest BCUT2D eigenvalue weighted by molar-refractivity contribution is 14.0. The summed E-state index contributed by atoms with van der Waals surface area (Å²) in [5.41, 5.74) is 2.57. The Bertz CT molecular complexity index is 546. The molecule has 1 atom stereocenters. The lowest BCUT2D eigenvalue weighted by molar-refractivity contribution is -0.121. The molecule has 1 aromatic rings. The van der Waals surface area contributed by atoms with E-state index in [2.05, 4.69) is 59.1 Å². The summed E-state index contributed by atoms with van der Waals surface area (Å²) in [6.07, 6.45) is 0.441. The number of rotatable bonds is 8. The highest BCUT2D eigenvalue weighted by Gasteiger charge is 2.07. The average molecular weight is 460 g/mol. The standard InChI is InChI=1S/C19H32N4O.HI/c1-6-20-19(21-11-10-18(24)23-14(2)3)22-13-16(5)17-9-7-8-15(4)12-17;/h7-9,12,14,16H,6,10-11,13H2,1-5H3,(H,23,24)(H2,20,21,22);1H. The molecule has 142 valence electrons. The van der Waals surface area contributed by atoms with Crippen LogP contribution in [0.2, 0.25) is 0 Å². The lowest BCUT2D eigenvalue weighted by Gasteiger charge is -2.14. The van der Waals surface area contributed by atoms with Crippen molar-refractivity contribution in [3.05, 3.63) is 35.4 Å². The summed E-state index contributed by atoms with van der Waals surface area (Å²) in [5, 5.41) is 9.33. The molecule has 3 N–H and O–H groups in total. The molecule has 5 nitrogen and oxygen atoms in total. The van der Waals surface area contributed by atoms with Gasteiger partial charge in [0.15, 0.2) is 5.96 Å². The van der Waals surface area contributed by atoms with E-state index in [4.69, 9.17) is 0 Å². The predicted octanol–water partition coefficient (Wildman–Crippen LogP) is 3.19. The third kappa shape index (κ3) is 10.3. The summed E-state index contributed by atoms with van der Waals surface area (Å²) in [5.74, 6) is 1.17. The maximum Gasteiger partial charge on any atom is 0.221 e. The van der Waals surface area contributed by atoms with E-state index in [1.54, 1.807) is 0 Å². The van der Waals surface area contributed by atoms with Gasteiger partial charge in [-0.3, -0.25) is 9.79 Å². The Morgan fingerprint density at radius 1 is 1.20 bits per heavy atom. The van der Waals surface area contributed by atoms with Crippen LogP contribution in [0.5, 0.6) is 0 Å². The maximum absolute atomic E-state index is 11.7. The molecule has 0 saturated heterocycles. The molecule has 1 unspecified atom stereocenters. The number of aryl methyl sites for hydroxylation is 1. The van der Waals surface area contributed by atoms with Crippen LogP contribution in [0, 0.1) is 6.92 Å². The van der Waals surface area contributed by atoms with E-state index < -0.39 is 0 Å². The largest absolute Gasteiger partial charge is 0.357 e. The minimum absolute atomic E-state index is 0. The van der Waals surface area contributed by atoms with Crippen LogP contribution >= 0.6 is 24.0 Å². The number of halogens is 1. The molecule has 0 aliphatic rings. The molecule has 0 spiro atoms. The molecular formula is C19H33IN4O. The highest BCUT2D eigenvalue weighted by Crippen LogP contribution is 2.16. The van der Waals surface area contributed by atoms with Gasteiger partial charge >= 0.3 is 0 Å². The van der Waals surface area contributed by atoms with Gasteiger partial charge in [-0.2, -0.15) is 0 Å². The van der Waals surface area contributed by atoms with Crippen LogP contribution in [-0.4, -0.2) is 37.5 Å². The van der Waals surface area contributed by atoms with Gasteiger partial charge in [-0.25, -0.2) is 0 Å². The van der Waals surface area contributed by atoms with E-state index in [1.807, 2.05) is 20.8 Å². The van der Waals surface area contributed by atoms with Crippen molar-refractivity contribution in [2.45, 2.75) is 53.0 Å². The van der Waals surface area contributed by atoms with Gasteiger partial charge in [0.1, 0.15) is 0 Å². The van der Waals surface area contributed by atoms with Gasteiger partial charge in [-0.05, 0) is 33.3 Å². The molecule has 1 aromatic carbocycles. The van der Waals surface area contributed by atoms with E-state index in [9.17, 15) is 4.79 Å². The normalized spacial score (nSPS) is 12.3. The molecule has 0 fully saturated rings. The first-order chi connectivity index (χ1) is 11.4. The zero-order valence-corrected chi connectivity index (χ0v) is 18.4. The molecule has 1 rings (SSSR count). The number of carbonyl (C=O) groups is 1. The Morgan fingerprint density at radius 2 is 1.92 bits per heavy atom. The Labute approximate surface area is 169 Å². The molecule has 0 radical (unpaired) electrons. The summed E-state index contributed by atoms with van der Waals surface area (Å²) < 4.78 is 0. The highest BCUT2D eigenvalue weighted by atomic mass is 127. The molecule has 0 aliphatic carbocycles. The lowest BCUT2D eigenvalue weighted by atomic mass is 10.00.